The highest BCUT2D eigenvalue weighted by Crippen LogP contribution is 2.28. The molecule has 1 saturated heterocycles. The van der Waals surface area contributed by atoms with Gasteiger partial charge in [0.05, 0.1) is 26.7 Å². The van der Waals surface area contributed by atoms with Crippen LogP contribution in [0.2, 0.25) is 0 Å². The summed E-state index contributed by atoms with van der Waals surface area (Å²) in [5.74, 6) is -1.08. The fraction of sp³-hybridized carbons (Fsp3) is 0.526. The van der Waals surface area contributed by atoms with Gasteiger partial charge in [0.15, 0.2) is 17.5 Å². The van der Waals surface area contributed by atoms with Gasteiger partial charge in [-0.2, -0.15) is 0 Å². The van der Waals surface area contributed by atoms with Crippen LogP contribution in [0, 0.1) is 5.92 Å². The summed E-state index contributed by atoms with van der Waals surface area (Å²) in [5, 5.41) is 11.5. The molecule has 1 fully saturated rings. The number of benzene rings is 1. The zero-order valence-electron chi connectivity index (χ0n) is 16.3. The van der Waals surface area contributed by atoms with Crippen LogP contribution < -0.4 is 14.8 Å². The predicted molar refractivity (Wildman–Crippen MR) is 99.4 cm³/mol. The van der Waals surface area contributed by atoms with Crippen molar-refractivity contribution in [1.29, 1.82) is 0 Å². The maximum absolute atomic E-state index is 12.3. The highest BCUT2D eigenvalue weighted by atomic mass is 16.5. The van der Waals surface area contributed by atoms with Crippen molar-refractivity contribution in [2.45, 2.75) is 18.9 Å². The molecule has 9 nitrogen and oxygen atoms in total. The normalized spacial score (nSPS) is 17.3. The predicted octanol–water partition coefficient (Wildman–Crippen LogP) is 0.311. The van der Waals surface area contributed by atoms with Crippen LogP contribution in [0.25, 0.3) is 0 Å². The molecule has 1 aromatic carbocycles. The minimum atomic E-state index is -1.18. The van der Waals surface area contributed by atoms with E-state index in [-0.39, 0.29) is 25.5 Å². The van der Waals surface area contributed by atoms with Gasteiger partial charge < -0.3 is 29.5 Å². The van der Waals surface area contributed by atoms with Gasteiger partial charge in [0.1, 0.15) is 0 Å². The van der Waals surface area contributed by atoms with Crippen LogP contribution in [0.1, 0.15) is 12.0 Å². The van der Waals surface area contributed by atoms with Crippen LogP contribution in [0.3, 0.4) is 0 Å². The molecule has 0 saturated carbocycles. The van der Waals surface area contributed by atoms with E-state index in [1.807, 2.05) is 12.1 Å². The zero-order chi connectivity index (χ0) is 20.7. The zero-order valence-corrected chi connectivity index (χ0v) is 16.3. The van der Waals surface area contributed by atoms with E-state index in [0.29, 0.717) is 24.5 Å². The number of hydrogen-bond acceptors (Lipinski definition) is 6. The first kappa shape index (κ1) is 21.5. The quantitative estimate of drug-likeness (QED) is 0.587. The second-order valence-corrected chi connectivity index (χ2v) is 6.53. The van der Waals surface area contributed by atoms with Crippen molar-refractivity contribution in [3.05, 3.63) is 23.8 Å². The van der Waals surface area contributed by atoms with Gasteiger partial charge in [0, 0.05) is 26.6 Å². The molecule has 2 atom stereocenters. The Morgan fingerprint density at radius 1 is 1.25 bits per heavy atom. The molecule has 2 amide bonds. The monoisotopic (exact) mass is 394 g/mol. The topological polar surface area (TPSA) is 114 Å². The molecule has 0 aliphatic carbocycles. The van der Waals surface area contributed by atoms with E-state index >= 15 is 0 Å². The third-order valence-electron chi connectivity index (χ3n) is 4.65. The van der Waals surface area contributed by atoms with Crippen LogP contribution in [0.15, 0.2) is 18.2 Å². The molecule has 2 unspecified atom stereocenters. The molecule has 1 aliphatic rings. The number of hydrogen-bond donors (Lipinski definition) is 2. The van der Waals surface area contributed by atoms with Crippen LogP contribution >= 0.6 is 0 Å². The van der Waals surface area contributed by atoms with Gasteiger partial charge in [-0.25, -0.2) is 4.79 Å². The minimum Gasteiger partial charge on any atom is -0.493 e. The molecule has 9 heteroatoms. The molecule has 1 aromatic rings. The van der Waals surface area contributed by atoms with Gasteiger partial charge in [0.2, 0.25) is 11.8 Å². The van der Waals surface area contributed by atoms with Gasteiger partial charge in [-0.05, 0) is 24.1 Å². The van der Waals surface area contributed by atoms with Crippen molar-refractivity contribution in [1.82, 2.24) is 10.2 Å². The Morgan fingerprint density at radius 2 is 1.96 bits per heavy atom. The van der Waals surface area contributed by atoms with E-state index in [4.69, 9.17) is 19.3 Å². The summed E-state index contributed by atoms with van der Waals surface area (Å²) in [7, 11) is 4.48. The Hall–Kier alpha value is -2.81. The maximum Gasteiger partial charge on any atom is 0.328 e. The molecule has 28 heavy (non-hydrogen) atoms. The molecular weight excluding hydrogens is 368 g/mol. The van der Waals surface area contributed by atoms with Crippen LogP contribution in [-0.2, 0) is 25.5 Å². The van der Waals surface area contributed by atoms with Crippen LogP contribution in [0.5, 0.6) is 11.5 Å². The Labute approximate surface area is 163 Å². The van der Waals surface area contributed by atoms with E-state index < -0.39 is 23.8 Å². The fourth-order valence-corrected chi connectivity index (χ4v) is 3.10. The highest BCUT2D eigenvalue weighted by molar-refractivity contribution is 5.91. The molecular formula is C19H26N2O7. The average molecular weight is 394 g/mol. The summed E-state index contributed by atoms with van der Waals surface area (Å²) in [6.07, 6.45) is 0.666. The fourth-order valence-electron chi connectivity index (χ4n) is 3.10. The second-order valence-electron chi connectivity index (χ2n) is 6.53. The maximum atomic E-state index is 12.3. The van der Waals surface area contributed by atoms with E-state index in [2.05, 4.69) is 5.32 Å². The molecule has 0 bridgehead atoms. The van der Waals surface area contributed by atoms with Crippen LogP contribution in [0.4, 0.5) is 0 Å². The number of nitrogens with zero attached hydrogens (tertiary/aromatic N) is 1. The third kappa shape index (κ3) is 5.35. The first-order chi connectivity index (χ1) is 13.4. The molecule has 154 valence electrons. The first-order valence-electron chi connectivity index (χ1n) is 8.90. The van der Waals surface area contributed by atoms with E-state index in [1.54, 1.807) is 25.2 Å². The van der Waals surface area contributed by atoms with Gasteiger partial charge >= 0.3 is 5.97 Å². The molecule has 0 spiro atoms. The standard InChI is InChI=1S/C19H26N2O7/c1-26-11-14(19(24)25)20-18(23)13-9-17(22)21(10-13)7-6-12-4-5-15(27-2)16(8-12)28-3/h4-5,8,13-14H,6-7,9-11H2,1-3H3,(H,20,23)(H,24,25). The summed E-state index contributed by atoms with van der Waals surface area (Å²) in [5.41, 5.74) is 0.976. The van der Waals surface area contributed by atoms with Crippen molar-refractivity contribution in [3.63, 3.8) is 0 Å². The lowest BCUT2D eigenvalue weighted by atomic mass is 10.1. The largest absolute Gasteiger partial charge is 0.493 e. The molecule has 1 aliphatic heterocycles. The van der Waals surface area contributed by atoms with Crippen molar-refractivity contribution in [2.75, 3.05) is 41.0 Å². The van der Waals surface area contributed by atoms with E-state index in [9.17, 15) is 14.4 Å². The highest BCUT2D eigenvalue weighted by Gasteiger charge is 2.35. The summed E-state index contributed by atoms with van der Waals surface area (Å²) in [4.78, 5) is 37.3. The number of likely N-dealkylation sites (tertiary alicyclic amines) is 1. The van der Waals surface area contributed by atoms with E-state index in [1.165, 1.54) is 7.11 Å². The van der Waals surface area contributed by atoms with E-state index in [0.717, 1.165) is 5.56 Å². The summed E-state index contributed by atoms with van der Waals surface area (Å²) < 4.78 is 15.3. The lowest BCUT2D eigenvalue weighted by Crippen LogP contribution is -2.46. The Balaban J connectivity index is 1.92. The van der Waals surface area contributed by atoms with Crippen molar-refractivity contribution >= 4 is 17.8 Å². The number of carboxylic acid groups (broad SMARTS) is 1. The Kier molecular flexibility index (Phi) is 7.62. The molecule has 2 N–H and O–H groups in total. The van der Waals surface area contributed by atoms with Crippen molar-refractivity contribution < 1.29 is 33.7 Å². The summed E-state index contributed by atoms with van der Waals surface area (Å²) >= 11 is 0. The minimum absolute atomic E-state index is 0.0666. The van der Waals surface area contributed by atoms with Gasteiger partial charge in [0.25, 0.3) is 0 Å². The summed E-state index contributed by atoms with van der Waals surface area (Å²) in [6.45, 7) is 0.584. The number of carbonyl (C=O) groups is 3. The first-order valence-corrected chi connectivity index (χ1v) is 8.90. The SMILES string of the molecule is COCC(NC(=O)C1CC(=O)N(CCc2ccc(OC)c(OC)c2)C1)C(=O)O. The second kappa shape index (κ2) is 9.93. The van der Waals surface area contributed by atoms with Crippen LogP contribution in [-0.4, -0.2) is 74.9 Å². The lowest BCUT2D eigenvalue weighted by molar-refractivity contribution is -0.143. The number of aliphatic carboxylic acids is 1. The number of amides is 2. The smallest absolute Gasteiger partial charge is 0.328 e. The Morgan fingerprint density at radius 3 is 2.57 bits per heavy atom. The summed E-state index contributed by atoms with van der Waals surface area (Å²) in [6, 6.07) is 4.42. The molecule has 0 radical (unpaired) electrons. The third-order valence-corrected chi connectivity index (χ3v) is 4.65. The molecule has 0 aromatic heterocycles. The molecule has 2 rings (SSSR count). The number of nitrogens with one attached hydrogen (secondary N) is 1. The van der Waals surface area contributed by atoms with Crippen molar-refractivity contribution in [3.8, 4) is 11.5 Å². The number of ether oxygens (including phenoxy) is 3. The lowest BCUT2D eigenvalue weighted by Gasteiger charge is -2.18. The molecule has 1 heterocycles. The number of carbonyl (C=O) groups excluding carboxylic acids is 2. The van der Waals surface area contributed by atoms with Gasteiger partial charge in [-0.3, -0.25) is 9.59 Å². The number of rotatable bonds is 10. The number of methoxy groups -OCH3 is 3. The Bertz CT molecular complexity index is 722. The van der Waals surface area contributed by atoms with Gasteiger partial charge in [-0.15, -0.1) is 0 Å². The number of carboxylic acids is 1. The average Bonchev–Trinajstić information content (AvgIpc) is 3.06. The van der Waals surface area contributed by atoms with Crippen molar-refractivity contribution in [2.24, 2.45) is 5.92 Å². The van der Waals surface area contributed by atoms with Gasteiger partial charge in [-0.1, -0.05) is 6.07 Å².